The van der Waals surface area contributed by atoms with Crippen molar-refractivity contribution in [3.05, 3.63) is 71.9 Å². The summed E-state index contributed by atoms with van der Waals surface area (Å²) in [4.78, 5) is 4.46. The van der Waals surface area contributed by atoms with Gasteiger partial charge in [-0.1, -0.05) is 36.4 Å². The predicted molar refractivity (Wildman–Crippen MR) is 87.6 cm³/mol. The van der Waals surface area contributed by atoms with E-state index in [1.54, 1.807) is 0 Å². The third kappa shape index (κ3) is 2.44. The molecule has 110 valence electrons. The number of nitrogens with zero attached hydrogens (tertiary/aromatic N) is 1. The minimum atomic E-state index is -0.201. The SMILES string of the molecule is NC1(c2cc(OCc3ccccc3)cc3ncccc23)CC1. The summed E-state index contributed by atoms with van der Waals surface area (Å²) in [5.41, 5.74) is 9.48. The summed E-state index contributed by atoms with van der Waals surface area (Å²) in [5, 5.41) is 1.13. The van der Waals surface area contributed by atoms with Gasteiger partial charge >= 0.3 is 0 Å². The van der Waals surface area contributed by atoms with E-state index < -0.39 is 0 Å². The van der Waals surface area contributed by atoms with Crippen LogP contribution in [0.15, 0.2) is 60.8 Å². The van der Waals surface area contributed by atoms with Crippen LogP contribution in [-0.2, 0) is 12.1 Å². The normalized spacial score (nSPS) is 15.7. The number of nitrogens with two attached hydrogens (primary N) is 1. The largest absolute Gasteiger partial charge is 0.489 e. The van der Waals surface area contributed by atoms with Crippen molar-refractivity contribution in [2.45, 2.75) is 25.0 Å². The number of rotatable bonds is 4. The van der Waals surface area contributed by atoms with Crippen molar-refractivity contribution in [3.8, 4) is 5.75 Å². The first-order valence-corrected chi connectivity index (χ1v) is 7.59. The number of aromatic nitrogens is 1. The van der Waals surface area contributed by atoms with E-state index in [1.807, 2.05) is 36.5 Å². The first-order valence-electron chi connectivity index (χ1n) is 7.59. The molecule has 3 nitrogen and oxygen atoms in total. The molecule has 0 radical (unpaired) electrons. The van der Waals surface area contributed by atoms with E-state index in [4.69, 9.17) is 10.5 Å². The summed E-state index contributed by atoms with van der Waals surface area (Å²) in [6.45, 7) is 0.552. The Hall–Kier alpha value is -2.39. The first kappa shape index (κ1) is 13.3. The molecule has 1 aromatic heterocycles. The standard InChI is InChI=1S/C19H18N2O/c20-19(8-9-19)17-11-15(12-18-16(17)7-4-10-21-18)22-13-14-5-2-1-3-6-14/h1-7,10-12H,8-9,13,20H2. The summed E-state index contributed by atoms with van der Waals surface area (Å²) < 4.78 is 5.97. The Morgan fingerprint density at radius 1 is 1.05 bits per heavy atom. The quantitative estimate of drug-likeness (QED) is 0.796. The van der Waals surface area contributed by atoms with Crippen LogP contribution in [0.1, 0.15) is 24.0 Å². The van der Waals surface area contributed by atoms with Crippen molar-refractivity contribution in [1.82, 2.24) is 4.98 Å². The van der Waals surface area contributed by atoms with Gasteiger partial charge in [-0.05, 0) is 36.1 Å². The minimum Gasteiger partial charge on any atom is -0.489 e. The third-order valence-corrected chi connectivity index (χ3v) is 4.27. The number of fused-ring (bicyclic) bond motifs is 1. The summed E-state index contributed by atoms with van der Waals surface area (Å²) >= 11 is 0. The van der Waals surface area contributed by atoms with Crippen molar-refractivity contribution in [1.29, 1.82) is 0 Å². The van der Waals surface area contributed by atoms with E-state index in [1.165, 1.54) is 0 Å². The Bertz CT molecular complexity index is 810. The van der Waals surface area contributed by atoms with Gasteiger partial charge in [-0.3, -0.25) is 4.98 Å². The van der Waals surface area contributed by atoms with Crippen molar-refractivity contribution in [2.24, 2.45) is 5.73 Å². The third-order valence-electron chi connectivity index (χ3n) is 4.27. The summed E-state index contributed by atoms with van der Waals surface area (Å²) in [7, 11) is 0. The monoisotopic (exact) mass is 290 g/mol. The molecule has 1 aliphatic carbocycles. The van der Waals surface area contributed by atoms with Gasteiger partial charge in [0.05, 0.1) is 5.52 Å². The maximum absolute atomic E-state index is 6.43. The number of hydrogen-bond acceptors (Lipinski definition) is 3. The Morgan fingerprint density at radius 3 is 2.64 bits per heavy atom. The van der Waals surface area contributed by atoms with Crippen LogP contribution in [0.3, 0.4) is 0 Å². The molecule has 3 heteroatoms. The molecule has 0 saturated heterocycles. The van der Waals surface area contributed by atoms with Crippen LogP contribution < -0.4 is 10.5 Å². The average molecular weight is 290 g/mol. The molecule has 0 atom stereocenters. The molecule has 0 bridgehead atoms. The van der Waals surface area contributed by atoms with Crippen LogP contribution in [0.25, 0.3) is 10.9 Å². The average Bonchev–Trinajstić information content (AvgIpc) is 3.32. The van der Waals surface area contributed by atoms with E-state index in [2.05, 4.69) is 29.2 Å². The van der Waals surface area contributed by atoms with Crippen LogP contribution in [0.4, 0.5) is 0 Å². The fourth-order valence-electron chi connectivity index (χ4n) is 2.80. The smallest absolute Gasteiger partial charge is 0.122 e. The van der Waals surface area contributed by atoms with Crippen molar-refractivity contribution in [2.75, 3.05) is 0 Å². The van der Waals surface area contributed by atoms with E-state index in [0.29, 0.717) is 6.61 Å². The van der Waals surface area contributed by atoms with E-state index in [-0.39, 0.29) is 5.54 Å². The molecule has 0 unspecified atom stereocenters. The molecule has 3 aromatic rings. The highest BCUT2D eigenvalue weighted by atomic mass is 16.5. The van der Waals surface area contributed by atoms with Gasteiger partial charge < -0.3 is 10.5 Å². The highest BCUT2D eigenvalue weighted by Gasteiger charge is 2.41. The maximum atomic E-state index is 6.43. The van der Waals surface area contributed by atoms with Gasteiger partial charge in [-0.25, -0.2) is 0 Å². The lowest BCUT2D eigenvalue weighted by Crippen LogP contribution is -2.19. The van der Waals surface area contributed by atoms with Gasteiger partial charge in [-0.15, -0.1) is 0 Å². The Balaban J connectivity index is 1.69. The molecule has 0 amide bonds. The fraction of sp³-hybridized carbons (Fsp3) is 0.211. The lowest BCUT2D eigenvalue weighted by Gasteiger charge is -2.15. The number of pyridine rings is 1. The summed E-state index contributed by atoms with van der Waals surface area (Å²) in [5.74, 6) is 0.835. The van der Waals surface area contributed by atoms with Gasteiger partial charge in [-0.2, -0.15) is 0 Å². The molecule has 4 rings (SSSR count). The second-order valence-corrected chi connectivity index (χ2v) is 5.97. The predicted octanol–water partition coefficient (Wildman–Crippen LogP) is 3.76. The zero-order valence-corrected chi connectivity index (χ0v) is 12.3. The van der Waals surface area contributed by atoms with Crippen LogP contribution in [0.2, 0.25) is 0 Å². The molecule has 1 heterocycles. The second-order valence-electron chi connectivity index (χ2n) is 5.97. The van der Waals surface area contributed by atoms with Crippen LogP contribution in [0, 0.1) is 0 Å². The van der Waals surface area contributed by atoms with Gasteiger partial charge in [0, 0.05) is 23.2 Å². The summed E-state index contributed by atoms with van der Waals surface area (Å²) in [6.07, 6.45) is 3.86. The minimum absolute atomic E-state index is 0.201. The maximum Gasteiger partial charge on any atom is 0.122 e. The lowest BCUT2D eigenvalue weighted by molar-refractivity contribution is 0.306. The summed E-state index contributed by atoms with van der Waals surface area (Å²) in [6, 6.07) is 18.3. The topological polar surface area (TPSA) is 48.1 Å². The van der Waals surface area contributed by atoms with Crippen molar-refractivity contribution in [3.63, 3.8) is 0 Å². The fourth-order valence-corrected chi connectivity index (χ4v) is 2.80. The van der Waals surface area contributed by atoms with Crippen LogP contribution in [-0.4, -0.2) is 4.98 Å². The molecule has 2 aromatic carbocycles. The molecular weight excluding hydrogens is 272 g/mol. The highest BCUT2D eigenvalue weighted by Crippen LogP contribution is 2.46. The van der Waals surface area contributed by atoms with Gasteiger partial charge in [0.1, 0.15) is 12.4 Å². The van der Waals surface area contributed by atoms with Crippen molar-refractivity contribution < 1.29 is 4.74 Å². The number of ether oxygens (including phenoxy) is 1. The zero-order valence-electron chi connectivity index (χ0n) is 12.3. The lowest BCUT2D eigenvalue weighted by atomic mass is 9.99. The van der Waals surface area contributed by atoms with Crippen molar-refractivity contribution >= 4 is 10.9 Å². The Kier molecular flexibility index (Phi) is 3.09. The molecule has 0 aliphatic heterocycles. The molecular formula is C19H18N2O. The van der Waals surface area contributed by atoms with E-state index >= 15 is 0 Å². The van der Waals surface area contributed by atoms with E-state index in [0.717, 1.165) is 40.6 Å². The van der Waals surface area contributed by atoms with Crippen LogP contribution in [0.5, 0.6) is 5.75 Å². The molecule has 1 fully saturated rings. The van der Waals surface area contributed by atoms with E-state index in [9.17, 15) is 0 Å². The van der Waals surface area contributed by atoms with Crippen LogP contribution >= 0.6 is 0 Å². The molecule has 1 aliphatic rings. The zero-order chi connectivity index (χ0) is 15.0. The first-order chi connectivity index (χ1) is 10.7. The number of benzene rings is 2. The number of hydrogen-bond donors (Lipinski definition) is 1. The highest BCUT2D eigenvalue weighted by molar-refractivity contribution is 5.85. The van der Waals surface area contributed by atoms with Gasteiger partial charge in [0.15, 0.2) is 0 Å². The Morgan fingerprint density at radius 2 is 1.86 bits per heavy atom. The Labute approximate surface area is 129 Å². The molecule has 1 saturated carbocycles. The molecule has 2 N–H and O–H groups in total. The molecule has 22 heavy (non-hydrogen) atoms. The second kappa shape index (κ2) is 5.11. The molecule has 0 spiro atoms. The van der Waals surface area contributed by atoms with Gasteiger partial charge in [0.2, 0.25) is 0 Å². The van der Waals surface area contributed by atoms with Gasteiger partial charge in [0.25, 0.3) is 0 Å².